The lowest BCUT2D eigenvalue weighted by molar-refractivity contribution is -0.148. The third-order valence-corrected chi connectivity index (χ3v) is 4.41. The molecule has 1 aliphatic heterocycles. The van der Waals surface area contributed by atoms with Crippen molar-refractivity contribution in [2.75, 3.05) is 5.75 Å². The summed E-state index contributed by atoms with van der Waals surface area (Å²) in [6.45, 7) is 1.51. The summed E-state index contributed by atoms with van der Waals surface area (Å²) in [5.74, 6) is -0.893. The molecule has 4 nitrogen and oxygen atoms in total. The Balaban J connectivity index is 2.35. The molecule has 1 N–H and O–H groups in total. The van der Waals surface area contributed by atoms with Crippen LogP contribution in [0.4, 0.5) is 0 Å². The molecular formula is C12H12ClNO3S. The van der Waals surface area contributed by atoms with Gasteiger partial charge in [0.2, 0.25) is 5.91 Å². The Bertz CT molecular complexity index is 494. The largest absolute Gasteiger partial charge is 0.480 e. The molecular weight excluding hydrogens is 274 g/mol. The van der Waals surface area contributed by atoms with Gasteiger partial charge in [0.25, 0.3) is 0 Å². The average Bonchev–Trinajstić information content (AvgIpc) is 2.70. The van der Waals surface area contributed by atoms with Crippen LogP contribution in [-0.2, 0) is 9.59 Å². The van der Waals surface area contributed by atoms with Crippen molar-refractivity contribution < 1.29 is 14.7 Å². The predicted molar refractivity (Wildman–Crippen MR) is 70.6 cm³/mol. The Labute approximate surface area is 114 Å². The van der Waals surface area contributed by atoms with Gasteiger partial charge in [0.15, 0.2) is 0 Å². The van der Waals surface area contributed by atoms with E-state index in [9.17, 15) is 9.59 Å². The maximum Gasteiger partial charge on any atom is 0.326 e. The summed E-state index contributed by atoms with van der Waals surface area (Å²) in [6.07, 6.45) is 0. The number of carboxylic acid groups (broad SMARTS) is 1. The second-order valence-electron chi connectivity index (χ2n) is 4.00. The molecule has 2 rings (SSSR count). The SMILES string of the molecule is C[C@@H](C(=O)O)N1C(=O)CS[C@@H]1c1ccccc1Cl. The van der Waals surface area contributed by atoms with Gasteiger partial charge in [-0.05, 0) is 13.0 Å². The highest BCUT2D eigenvalue weighted by Crippen LogP contribution is 2.42. The molecule has 1 aromatic carbocycles. The lowest BCUT2D eigenvalue weighted by Gasteiger charge is -2.28. The molecule has 0 unspecified atom stereocenters. The monoisotopic (exact) mass is 285 g/mol. The molecule has 0 radical (unpaired) electrons. The number of rotatable bonds is 3. The number of amides is 1. The Morgan fingerprint density at radius 1 is 1.56 bits per heavy atom. The first-order valence-corrected chi connectivity index (χ1v) is 6.85. The fourth-order valence-electron chi connectivity index (χ4n) is 1.89. The maximum absolute atomic E-state index is 11.8. The van der Waals surface area contributed by atoms with E-state index in [-0.39, 0.29) is 17.0 Å². The molecule has 0 saturated carbocycles. The summed E-state index contributed by atoms with van der Waals surface area (Å²) in [7, 11) is 0. The van der Waals surface area contributed by atoms with E-state index in [1.807, 2.05) is 12.1 Å². The molecule has 0 aliphatic carbocycles. The molecule has 0 bridgehead atoms. The van der Waals surface area contributed by atoms with Crippen LogP contribution in [0.3, 0.4) is 0 Å². The van der Waals surface area contributed by atoms with Gasteiger partial charge in [-0.2, -0.15) is 0 Å². The van der Waals surface area contributed by atoms with E-state index in [0.717, 1.165) is 5.56 Å². The van der Waals surface area contributed by atoms with Gasteiger partial charge in [0, 0.05) is 10.6 Å². The quantitative estimate of drug-likeness (QED) is 0.926. The van der Waals surface area contributed by atoms with Crippen molar-refractivity contribution in [2.24, 2.45) is 0 Å². The predicted octanol–water partition coefficient (Wildman–Crippen LogP) is 2.39. The molecule has 1 aliphatic rings. The van der Waals surface area contributed by atoms with Crippen LogP contribution in [-0.4, -0.2) is 33.7 Å². The van der Waals surface area contributed by atoms with Crippen LogP contribution in [0.1, 0.15) is 17.9 Å². The van der Waals surface area contributed by atoms with Crippen LogP contribution >= 0.6 is 23.4 Å². The zero-order valence-electron chi connectivity index (χ0n) is 9.67. The molecule has 96 valence electrons. The number of carbonyl (C=O) groups excluding carboxylic acids is 1. The molecule has 1 aromatic rings. The molecule has 1 fully saturated rings. The van der Waals surface area contributed by atoms with E-state index < -0.39 is 12.0 Å². The molecule has 18 heavy (non-hydrogen) atoms. The highest BCUT2D eigenvalue weighted by Gasteiger charge is 2.39. The first-order valence-electron chi connectivity index (χ1n) is 5.42. The average molecular weight is 286 g/mol. The fraction of sp³-hybridized carbons (Fsp3) is 0.333. The van der Waals surface area contributed by atoms with Gasteiger partial charge in [-0.3, -0.25) is 4.79 Å². The van der Waals surface area contributed by atoms with Crippen LogP contribution in [0, 0.1) is 0 Å². The van der Waals surface area contributed by atoms with Gasteiger partial charge in [-0.1, -0.05) is 29.8 Å². The molecule has 0 aromatic heterocycles. The molecule has 2 atom stereocenters. The van der Waals surface area contributed by atoms with E-state index >= 15 is 0 Å². The summed E-state index contributed by atoms with van der Waals surface area (Å²) in [6, 6.07) is 6.34. The van der Waals surface area contributed by atoms with Crippen molar-refractivity contribution in [3.05, 3.63) is 34.9 Å². The second kappa shape index (κ2) is 5.20. The van der Waals surface area contributed by atoms with Gasteiger partial charge in [0.05, 0.1) is 5.75 Å². The van der Waals surface area contributed by atoms with Crippen molar-refractivity contribution >= 4 is 35.2 Å². The summed E-state index contributed by atoms with van der Waals surface area (Å²) in [5.41, 5.74) is 0.781. The highest BCUT2D eigenvalue weighted by molar-refractivity contribution is 8.00. The number of hydrogen-bond donors (Lipinski definition) is 1. The Morgan fingerprint density at radius 2 is 2.22 bits per heavy atom. The zero-order chi connectivity index (χ0) is 13.3. The molecule has 0 spiro atoms. The number of benzene rings is 1. The molecule has 1 saturated heterocycles. The minimum atomic E-state index is -1.01. The molecule has 6 heteroatoms. The van der Waals surface area contributed by atoms with Gasteiger partial charge >= 0.3 is 5.97 Å². The van der Waals surface area contributed by atoms with Gasteiger partial charge in [0.1, 0.15) is 11.4 Å². The topological polar surface area (TPSA) is 57.6 Å². The summed E-state index contributed by atoms with van der Waals surface area (Å²) in [5, 5.41) is 9.28. The number of nitrogens with zero attached hydrogens (tertiary/aromatic N) is 1. The fourth-order valence-corrected chi connectivity index (χ4v) is 3.49. The van der Waals surface area contributed by atoms with Crippen molar-refractivity contribution in [2.45, 2.75) is 18.3 Å². The van der Waals surface area contributed by atoms with Crippen molar-refractivity contribution in [3.8, 4) is 0 Å². The van der Waals surface area contributed by atoms with Crippen LogP contribution in [0.15, 0.2) is 24.3 Å². The van der Waals surface area contributed by atoms with E-state index in [1.165, 1.54) is 23.6 Å². The van der Waals surface area contributed by atoms with Crippen molar-refractivity contribution in [1.82, 2.24) is 4.90 Å². The second-order valence-corrected chi connectivity index (χ2v) is 5.48. The first kappa shape index (κ1) is 13.2. The number of halogens is 1. The van der Waals surface area contributed by atoms with Crippen LogP contribution in [0.5, 0.6) is 0 Å². The van der Waals surface area contributed by atoms with Gasteiger partial charge in [-0.25, -0.2) is 4.79 Å². The van der Waals surface area contributed by atoms with Crippen LogP contribution in [0.2, 0.25) is 5.02 Å². The minimum absolute atomic E-state index is 0.167. The Morgan fingerprint density at radius 3 is 2.83 bits per heavy atom. The smallest absolute Gasteiger partial charge is 0.326 e. The number of thioether (sulfide) groups is 1. The lowest BCUT2D eigenvalue weighted by Crippen LogP contribution is -2.41. The van der Waals surface area contributed by atoms with E-state index in [0.29, 0.717) is 5.02 Å². The van der Waals surface area contributed by atoms with E-state index in [2.05, 4.69) is 0 Å². The van der Waals surface area contributed by atoms with E-state index in [1.54, 1.807) is 12.1 Å². The third kappa shape index (κ3) is 2.33. The van der Waals surface area contributed by atoms with E-state index in [4.69, 9.17) is 16.7 Å². The number of carboxylic acids is 1. The minimum Gasteiger partial charge on any atom is -0.480 e. The summed E-state index contributed by atoms with van der Waals surface area (Å²) in [4.78, 5) is 24.3. The molecule has 1 amide bonds. The van der Waals surface area contributed by atoms with Crippen molar-refractivity contribution in [1.29, 1.82) is 0 Å². The first-order chi connectivity index (χ1) is 8.52. The third-order valence-electron chi connectivity index (χ3n) is 2.85. The standard InChI is InChI=1S/C12H12ClNO3S/c1-7(12(16)17)14-10(15)6-18-11(14)8-4-2-3-5-9(8)13/h2-5,7,11H,6H2,1H3,(H,16,17)/t7-,11+/m0/s1. The number of hydrogen-bond acceptors (Lipinski definition) is 3. The van der Waals surface area contributed by atoms with Gasteiger partial charge < -0.3 is 10.0 Å². The zero-order valence-corrected chi connectivity index (χ0v) is 11.2. The summed E-state index contributed by atoms with van der Waals surface area (Å²) >= 11 is 7.50. The maximum atomic E-state index is 11.8. The normalized spacial score (nSPS) is 21.1. The number of carbonyl (C=O) groups is 2. The Hall–Kier alpha value is -1.20. The molecule has 1 heterocycles. The van der Waals surface area contributed by atoms with Crippen LogP contribution in [0.25, 0.3) is 0 Å². The Kier molecular flexibility index (Phi) is 3.82. The summed E-state index contributed by atoms with van der Waals surface area (Å²) < 4.78 is 0. The van der Waals surface area contributed by atoms with Gasteiger partial charge in [-0.15, -0.1) is 11.8 Å². The number of aliphatic carboxylic acids is 1. The highest BCUT2D eigenvalue weighted by atomic mass is 35.5. The van der Waals surface area contributed by atoms with Crippen molar-refractivity contribution in [3.63, 3.8) is 0 Å². The lowest BCUT2D eigenvalue weighted by atomic mass is 10.1. The van der Waals surface area contributed by atoms with Crippen LogP contribution < -0.4 is 0 Å².